The summed E-state index contributed by atoms with van der Waals surface area (Å²) in [6, 6.07) is 16.2. The Kier molecular flexibility index (Phi) is 6.29. The molecule has 0 saturated carbocycles. The third-order valence-corrected chi connectivity index (χ3v) is 5.10. The number of aryl methyl sites for hydroxylation is 1. The Balaban J connectivity index is 1.75. The summed E-state index contributed by atoms with van der Waals surface area (Å²) in [6.45, 7) is 4.87. The van der Waals surface area contributed by atoms with E-state index in [0.29, 0.717) is 17.9 Å². The molecule has 1 atom stereocenters. The van der Waals surface area contributed by atoms with Crippen molar-refractivity contribution in [2.75, 3.05) is 26.7 Å². The Labute approximate surface area is 156 Å². The van der Waals surface area contributed by atoms with Crippen molar-refractivity contribution in [3.05, 3.63) is 65.2 Å². The number of hydrogen-bond donors (Lipinski definition) is 1. The van der Waals surface area contributed by atoms with Gasteiger partial charge in [-0.05, 0) is 50.6 Å². The average molecular weight is 352 g/mol. The highest BCUT2D eigenvalue weighted by Crippen LogP contribution is 2.25. The number of hydrogen-bond acceptors (Lipinski definition) is 3. The number of likely N-dealkylation sites (tertiary alicyclic amines) is 1. The van der Waals surface area contributed by atoms with E-state index in [1.807, 2.05) is 18.2 Å². The molecule has 0 unspecified atom stereocenters. The summed E-state index contributed by atoms with van der Waals surface area (Å²) in [4.78, 5) is 15.2. The molecule has 4 nitrogen and oxygen atoms in total. The third-order valence-electron chi connectivity index (χ3n) is 5.10. The first kappa shape index (κ1) is 18.5. The van der Waals surface area contributed by atoms with Crippen LogP contribution in [0.1, 0.15) is 46.8 Å². The molecule has 138 valence electrons. The molecule has 0 radical (unpaired) electrons. The van der Waals surface area contributed by atoms with Crippen molar-refractivity contribution in [3.8, 4) is 5.75 Å². The Hall–Kier alpha value is -2.33. The van der Waals surface area contributed by atoms with Crippen molar-refractivity contribution >= 4 is 5.91 Å². The second kappa shape index (κ2) is 8.86. The van der Waals surface area contributed by atoms with Crippen LogP contribution < -0.4 is 10.1 Å². The van der Waals surface area contributed by atoms with Gasteiger partial charge in [0.25, 0.3) is 5.91 Å². The van der Waals surface area contributed by atoms with Crippen LogP contribution in [0.15, 0.2) is 48.5 Å². The van der Waals surface area contributed by atoms with E-state index in [9.17, 15) is 4.79 Å². The Bertz CT molecular complexity index is 721. The zero-order chi connectivity index (χ0) is 18.4. The second-order valence-corrected chi connectivity index (χ2v) is 6.93. The summed E-state index contributed by atoms with van der Waals surface area (Å²) in [6.07, 6.45) is 3.75. The van der Waals surface area contributed by atoms with E-state index in [0.717, 1.165) is 13.1 Å². The number of carbonyl (C=O) groups excluding carboxylic acids is 1. The molecule has 4 heteroatoms. The smallest absolute Gasteiger partial charge is 0.255 e. The summed E-state index contributed by atoms with van der Waals surface area (Å²) >= 11 is 0. The highest BCUT2D eigenvalue weighted by atomic mass is 16.5. The van der Waals surface area contributed by atoms with Crippen LogP contribution in [0.3, 0.4) is 0 Å². The van der Waals surface area contributed by atoms with Gasteiger partial charge in [0.2, 0.25) is 0 Å². The van der Waals surface area contributed by atoms with Crippen molar-refractivity contribution in [1.29, 1.82) is 0 Å². The molecule has 1 aliphatic rings. The Morgan fingerprint density at radius 3 is 2.46 bits per heavy atom. The molecule has 2 aromatic rings. The average Bonchev–Trinajstić information content (AvgIpc) is 2.70. The number of ether oxygens (including phenoxy) is 1. The Morgan fingerprint density at radius 2 is 1.77 bits per heavy atom. The van der Waals surface area contributed by atoms with Gasteiger partial charge in [0, 0.05) is 6.54 Å². The van der Waals surface area contributed by atoms with Gasteiger partial charge in [0.05, 0.1) is 18.7 Å². The van der Waals surface area contributed by atoms with Gasteiger partial charge in [-0.2, -0.15) is 0 Å². The number of carbonyl (C=O) groups is 1. The number of nitrogens with one attached hydrogen (secondary N) is 1. The van der Waals surface area contributed by atoms with Crippen LogP contribution in [0.4, 0.5) is 0 Å². The SMILES string of the molecule is COc1ccccc1C(=O)NC[C@H](c1ccc(C)cc1)N1CCCCC1. The lowest BCUT2D eigenvalue weighted by Gasteiger charge is -2.35. The van der Waals surface area contributed by atoms with Gasteiger partial charge in [0.15, 0.2) is 0 Å². The molecule has 1 saturated heterocycles. The maximum atomic E-state index is 12.7. The number of para-hydroxylation sites is 1. The highest BCUT2D eigenvalue weighted by molar-refractivity contribution is 5.96. The molecule has 1 fully saturated rings. The number of benzene rings is 2. The summed E-state index contributed by atoms with van der Waals surface area (Å²) in [7, 11) is 1.59. The molecule has 2 aromatic carbocycles. The zero-order valence-corrected chi connectivity index (χ0v) is 15.7. The summed E-state index contributed by atoms with van der Waals surface area (Å²) in [5.74, 6) is 0.520. The zero-order valence-electron chi connectivity index (χ0n) is 15.7. The minimum atomic E-state index is -0.0865. The topological polar surface area (TPSA) is 41.6 Å². The molecule has 0 aliphatic carbocycles. The quantitative estimate of drug-likeness (QED) is 0.855. The van der Waals surface area contributed by atoms with Gasteiger partial charge in [-0.25, -0.2) is 0 Å². The minimum Gasteiger partial charge on any atom is -0.496 e. The largest absolute Gasteiger partial charge is 0.496 e. The maximum absolute atomic E-state index is 12.7. The molecular weight excluding hydrogens is 324 g/mol. The fourth-order valence-electron chi connectivity index (χ4n) is 3.59. The lowest BCUT2D eigenvalue weighted by atomic mass is 10.0. The van der Waals surface area contributed by atoms with Crippen LogP contribution in [0.5, 0.6) is 5.75 Å². The van der Waals surface area contributed by atoms with Crippen molar-refractivity contribution in [3.63, 3.8) is 0 Å². The van der Waals surface area contributed by atoms with Crippen LogP contribution >= 0.6 is 0 Å². The van der Waals surface area contributed by atoms with E-state index in [1.165, 1.54) is 30.4 Å². The van der Waals surface area contributed by atoms with E-state index in [1.54, 1.807) is 13.2 Å². The molecule has 1 amide bonds. The summed E-state index contributed by atoms with van der Waals surface area (Å²) in [5, 5.41) is 3.12. The maximum Gasteiger partial charge on any atom is 0.255 e. The molecule has 1 aliphatic heterocycles. The fourth-order valence-corrected chi connectivity index (χ4v) is 3.59. The normalized spacial score (nSPS) is 16.1. The molecule has 1 N–H and O–H groups in total. The van der Waals surface area contributed by atoms with Crippen molar-refractivity contribution < 1.29 is 9.53 Å². The van der Waals surface area contributed by atoms with Crippen LogP contribution in [0.2, 0.25) is 0 Å². The molecule has 1 heterocycles. The fraction of sp³-hybridized carbons (Fsp3) is 0.409. The minimum absolute atomic E-state index is 0.0865. The predicted octanol–water partition coefficient (Wildman–Crippen LogP) is 3.96. The first-order valence-electron chi connectivity index (χ1n) is 9.41. The van der Waals surface area contributed by atoms with Crippen molar-refractivity contribution in [1.82, 2.24) is 10.2 Å². The summed E-state index contributed by atoms with van der Waals surface area (Å²) < 4.78 is 5.32. The van der Waals surface area contributed by atoms with Crippen molar-refractivity contribution in [2.45, 2.75) is 32.2 Å². The van der Waals surface area contributed by atoms with Gasteiger partial charge in [-0.1, -0.05) is 48.4 Å². The number of nitrogens with zero attached hydrogens (tertiary/aromatic N) is 1. The van der Waals surface area contributed by atoms with E-state index in [-0.39, 0.29) is 11.9 Å². The molecule has 0 spiro atoms. The van der Waals surface area contributed by atoms with Crippen LogP contribution in [0.25, 0.3) is 0 Å². The number of piperidine rings is 1. The van der Waals surface area contributed by atoms with Gasteiger partial charge in [0.1, 0.15) is 5.75 Å². The van der Waals surface area contributed by atoms with E-state index < -0.39 is 0 Å². The van der Waals surface area contributed by atoms with Crippen molar-refractivity contribution in [2.24, 2.45) is 0 Å². The second-order valence-electron chi connectivity index (χ2n) is 6.93. The molecule has 0 aromatic heterocycles. The lowest BCUT2D eigenvalue weighted by molar-refractivity contribution is 0.0921. The molecule has 0 bridgehead atoms. The number of rotatable bonds is 6. The molecule has 3 rings (SSSR count). The van der Waals surface area contributed by atoms with Gasteiger partial charge in [-0.3, -0.25) is 9.69 Å². The van der Waals surface area contributed by atoms with E-state index >= 15 is 0 Å². The molecular formula is C22H28N2O2. The van der Waals surface area contributed by atoms with Gasteiger partial charge in [-0.15, -0.1) is 0 Å². The van der Waals surface area contributed by atoms with Crippen LogP contribution in [-0.2, 0) is 0 Å². The third kappa shape index (κ3) is 4.44. The Morgan fingerprint density at radius 1 is 1.08 bits per heavy atom. The number of methoxy groups -OCH3 is 1. The van der Waals surface area contributed by atoms with Gasteiger partial charge >= 0.3 is 0 Å². The highest BCUT2D eigenvalue weighted by Gasteiger charge is 2.23. The van der Waals surface area contributed by atoms with Crippen LogP contribution in [0, 0.1) is 6.92 Å². The van der Waals surface area contributed by atoms with E-state index in [4.69, 9.17) is 4.74 Å². The summed E-state index contributed by atoms with van der Waals surface area (Å²) in [5.41, 5.74) is 3.10. The lowest BCUT2D eigenvalue weighted by Crippen LogP contribution is -2.40. The van der Waals surface area contributed by atoms with E-state index in [2.05, 4.69) is 41.4 Å². The first-order valence-corrected chi connectivity index (χ1v) is 9.41. The monoisotopic (exact) mass is 352 g/mol. The first-order chi connectivity index (χ1) is 12.7. The standard InChI is InChI=1S/C22H28N2O2/c1-17-10-12-18(13-11-17)20(24-14-6-3-7-15-24)16-23-22(25)19-8-4-5-9-21(19)26-2/h4-5,8-13,20H,3,6-7,14-16H2,1-2H3,(H,23,25)/t20-/m1/s1. The molecule has 26 heavy (non-hydrogen) atoms. The predicted molar refractivity (Wildman–Crippen MR) is 105 cm³/mol. The van der Waals surface area contributed by atoms with Crippen LogP contribution in [-0.4, -0.2) is 37.6 Å². The number of amides is 1. The van der Waals surface area contributed by atoms with Gasteiger partial charge < -0.3 is 10.1 Å².